The van der Waals surface area contributed by atoms with Crippen LogP contribution in [0.1, 0.15) is 33.7 Å². The van der Waals surface area contributed by atoms with Crippen molar-refractivity contribution in [2.75, 3.05) is 17.3 Å². The number of fused-ring (bicyclic) bond motifs is 3. The summed E-state index contributed by atoms with van der Waals surface area (Å²) >= 11 is 1.61. The Morgan fingerprint density at radius 1 is 0.969 bits per heavy atom. The molecule has 0 atom stereocenters. The first kappa shape index (κ1) is 19.4. The Kier molecular flexibility index (Phi) is 4.83. The Bertz CT molecular complexity index is 1330. The van der Waals surface area contributed by atoms with Gasteiger partial charge in [-0.2, -0.15) is 0 Å². The van der Waals surface area contributed by atoms with Crippen LogP contribution in [0.4, 0.5) is 0 Å². The topological polar surface area (TPSA) is 60.3 Å². The Morgan fingerprint density at radius 2 is 1.84 bits per heavy atom. The molecule has 0 N–H and O–H groups in total. The van der Waals surface area contributed by atoms with Crippen molar-refractivity contribution >= 4 is 28.4 Å². The molecule has 0 saturated carbocycles. The number of ether oxygens (including phenoxy) is 1. The lowest BCUT2D eigenvalue weighted by molar-refractivity contribution is 0.0953. The van der Waals surface area contributed by atoms with E-state index in [9.17, 15) is 4.79 Å². The summed E-state index contributed by atoms with van der Waals surface area (Å²) in [6, 6.07) is 20.2. The Balaban J connectivity index is 1.27. The Labute approximate surface area is 190 Å². The van der Waals surface area contributed by atoms with E-state index in [1.54, 1.807) is 16.8 Å². The number of rotatable bonds is 4. The zero-order valence-electron chi connectivity index (χ0n) is 17.5. The standard InChI is InChI=1S/C25H22N4O2S/c30-24(21-9-8-17-4-1-2-5-19(17)14-21)28-12-13-32-25-27-26-23(29(25)28)16-31-22-11-10-18-6-3-7-20(18)15-22/h1-2,4-5,8-11,14-15H,3,6-7,12-13,16H2. The number of thioether (sulfide) groups is 1. The van der Waals surface area contributed by atoms with Gasteiger partial charge in [0, 0.05) is 11.3 Å². The van der Waals surface area contributed by atoms with E-state index in [0.717, 1.165) is 40.3 Å². The molecule has 0 saturated heterocycles. The van der Waals surface area contributed by atoms with Crippen LogP contribution < -0.4 is 9.75 Å². The van der Waals surface area contributed by atoms with Gasteiger partial charge in [-0.25, -0.2) is 9.69 Å². The summed E-state index contributed by atoms with van der Waals surface area (Å²) in [5, 5.41) is 13.3. The van der Waals surface area contributed by atoms with Gasteiger partial charge in [-0.15, -0.1) is 10.2 Å². The van der Waals surface area contributed by atoms with Gasteiger partial charge < -0.3 is 4.74 Å². The van der Waals surface area contributed by atoms with Crippen LogP contribution in [-0.2, 0) is 19.4 Å². The van der Waals surface area contributed by atoms with E-state index in [1.807, 2.05) is 53.2 Å². The van der Waals surface area contributed by atoms with Gasteiger partial charge in [-0.3, -0.25) is 4.79 Å². The second-order valence-electron chi connectivity index (χ2n) is 8.12. The number of carbonyl (C=O) groups excluding carboxylic acids is 1. The molecule has 0 fully saturated rings. The minimum atomic E-state index is -0.0594. The SMILES string of the molecule is O=C(c1ccc2ccccc2c1)N1CCSc2nnc(COc3ccc4c(c3)CCC4)n21. The number of aryl methyl sites for hydroxylation is 2. The molecule has 6 rings (SSSR count). The summed E-state index contributed by atoms with van der Waals surface area (Å²) < 4.78 is 7.88. The number of amides is 1. The van der Waals surface area contributed by atoms with Crippen LogP contribution in [0.5, 0.6) is 5.75 Å². The van der Waals surface area contributed by atoms with E-state index in [-0.39, 0.29) is 12.5 Å². The quantitative estimate of drug-likeness (QED) is 0.469. The van der Waals surface area contributed by atoms with Crippen molar-refractivity contribution in [3.05, 3.63) is 83.2 Å². The number of nitrogens with zero attached hydrogens (tertiary/aromatic N) is 4. The van der Waals surface area contributed by atoms with Crippen LogP contribution in [0.2, 0.25) is 0 Å². The summed E-state index contributed by atoms with van der Waals surface area (Å²) in [5.41, 5.74) is 3.44. The molecule has 7 heteroatoms. The van der Waals surface area contributed by atoms with Crippen LogP contribution in [0.3, 0.4) is 0 Å². The van der Waals surface area contributed by atoms with Gasteiger partial charge in [0.15, 0.2) is 5.82 Å². The van der Waals surface area contributed by atoms with Crippen LogP contribution >= 0.6 is 11.8 Å². The fraction of sp³-hybridized carbons (Fsp3) is 0.240. The molecule has 0 spiro atoms. The van der Waals surface area contributed by atoms with Crippen molar-refractivity contribution in [2.24, 2.45) is 0 Å². The molecule has 4 aromatic rings. The lowest BCUT2D eigenvalue weighted by Gasteiger charge is -2.29. The fourth-order valence-electron chi connectivity index (χ4n) is 4.49. The van der Waals surface area contributed by atoms with Crippen molar-refractivity contribution in [1.82, 2.24) is 14.9 Å². The summed E-state index contributed by atoms with van der Waals surface area (Å²) in [5.74, 6) is 2.18. The van der Waals surface area contributed by atoms with E-state index in [0.29, 0.717) is 17.9 Å². The van der Waals surface area contributed by atoms with Crippen molar-refractivity contribution < 1.29 is 9.53 Å². The molecule has 1 aromatic heterocycles. The normalized spacial score (nSPS) is 14.9. The Morgan fingerprint density at radius 3 is 2.78 bits per heavy atom. The number of hydrogen-bond acceptors (Lipinski definition) is 5. The maximum absolute atomic E-state index is 13.5. The van der Waals surface area contributed by atoms with Gasteiger partial charge in [-0.1, -0.05) is 48.2 Å². The third-order valence-electron chi connectivity index (χ3n) is 6.12. The molecule has 2 heterocycles. The molecule has 160 valence electrons. The highest BCUT2D eigenvalue weighted by molar-refractivity contribution is 7.99. The lowest BCUT2D eigenvalue weighted by Crippen LogP contribution is -2.45. The van der Waals surface area contributed by atoms with Crippen molar-refractivity contribution in [1.29, 1.82) is 0 Å². The van der Waals surface area contributed by atoms with Gasteiger partial charge in [0.05, 0.1) is 6.54 Å². The first-order chi connectivity index (χ1) is 15.8. The monoisotopic (exact) mass is 442 g/mol. The van der Waals surface area contributed by atoms with E-state index >= 15 is 0 Å². The van der Waals surface area contributed by atoms with Crippen LogP contribution in [0.15, 0.2) is 65.8 Å². The summed E-state index contributed by atoms with van der Waals surface area (Å²) in [7, 11) is 0. The van der Waals surface area contributed by atoms with E-state index in [1.165, 1.54) is 17.5 Å². The van der Waals surface area contributed by atoms with Crippen LogP contribution in [-0.4, -0.2) is 33.1 Å². The second kappa shape index (κ2) is 7.98. The molecule has 2 aliphatic rings. The van der Waals surface area contributed by atoms with Gasteiger partial charge in [0.2, 0.25) is 5.16 Å². The minimum Gasteiger partial charge on any atom is -0.486 e. The number of benzene rings is 3. The van der Waals surface area contributed by atoms with E-state index in [4.69, 9.17) is 4.74 Å². The highest BCUT2D eigenvalue weighted by Crippen LogP contribution is 2.28. The van der Waals surface area contributed by atoms with Gasteiger partial charge in [0.25, 0.3) is 5.91 Å². The zero-order valence-corrected chi connectivity index (χ0v) is 18.3. The number of hydrogen-bond donors (Lipinski definition) is 0. The third kappa shape index (κ3) is 3.42. The highest BCUT2D eigenvalue weighted by atomic mass is 32.2. The molecule has 1 aliphatic heterocycles. The maximum Gasteiger partial charge on any atom is 0.272 e. The minimum absolute atomic E-state index is 0.0594. The molecule has 1 amide bonds. The lowest BCUT2D eigenvalue weighted by atomic mass is 10.1. The maximum atomic E-state index is 13.5. The smallest absolute Gasteiger partial charge is 0.272 e. The van der Waals surface area contributed by atoms with Gasteiger partial charge in [-0.05, 0) is 65.4 Å². The average Bonchev–Trinajstić information content (AvgIpc) is 3.48. The van der Waals surface area contributed by atoms with Crippen molar-refractivity contribution in [3.8, 4) is 5.75 Å². The fourth-order valence-corrected chi connectivity index (χ4v) is 5.36. The van der Waals surface area contributed by atoms with E-state index in [2.05, 4.69) is 22.3 Å². The van der Waals surface area contributed by atoms with Crippen LogP contribution in [0.25, 0.3) is 10.8 Å². The molecule has 3 aromatic carbocycles. The second-order valence-corrected chi connectivity index (χ2v) is 9.18. The molecule has 0 bridgehead atoms. The summed E-state index contributed by atoms with van der Waals surface area (Å²) in [6.45, 7) is 0.848. The predicted molar refractivity (Wildman–Crippen MR) is 125 cm³/mol. The molecule has 6 nitrogen and oxygen atoms in total. The third-order valence-corrected chi connectivity index (χ3v) is 7.02. The first-order valence-corrected chi connectivity index (χ1v) is 11.9. The first-order valence-electron chi connectivity index (χ1n) is 10.9. The van der Waals surface area contributed by atoms with Crippen molar-refractivity contribution in [3.63, 3.8) is 0 Å². The molecule has 32 heavy (non-hydrogen) atoms. The van der Waals surface area contributed by atoms with Crippen LogP contribution in [0, 0.1) is 0 Å². The van der Waals surface area contributed by atoms with Crippen molar-refractivity contribution in [2.45, 2.75) is 31.0 Å². The zero-order chi connectivity index (χ0) is 21.5. The van der Waals surface area contributed by atoms with E-state index < -0.39 is 0 Å². The van der Waals surface area contributed by atoms with Gasteiger partial charge in [0.1, 0.15) is 12.4 Å². The number of carbonyl (C=O) groups is 1. The summed E-state index contributed by atoms with van der Waals surface area (Å²) in [6.07, 6.45) is 3.47. The molecular weight excluding hydrogens is 420 g/mol. The molecule has 0 unspecified atom stereocenters. The molecule has 1 aliphatic carbocycles. The highest BCUT2D eigenvalue weighted by Gasteiger charge is 2.28. The summed E-state index contributed by atoms with van der Waals surface area (Å²) in [4.78, 5) is 13.5. The van der Waals surface area contributed by atoms with Gasteiger partial charge >= 0.3 is 0 Å². The predicted octanol–water partition coefficient (Wildman–Crippen LogP) is 4.38. The number of aromatic nitrogens is 3. The molecule has 0 radical (unpaired) electrons. The Hall–Kier alpha value is -3.32. The molecular formula is C25H22N4O2S. The largest absolute Gasteiger partial charge is 0.486 e. The average molecular weight is 443 g/mol.